The average molecular weight is 368 g/mol. The monoisotopic (exact) mass is 367 g/mol. The second-order valence-corrected chi connectivity index (χ2v) is 7.62. The predicted molar refractivity (Wildman–Crippen MR) is 79.3 cm³/mol. The number of hydrogen-bond acceptors (Lipinski definition) is 4. The van der Waals surface area contributed by atoms with Gasteiger partial charge in [-0.05, 0) is 40.4 Å². The van der Waals surface area contributed by atoms with Crippen molar-refractivity contribution in [1.82, 2.24) is 4.31 Å². The van der Waals surface area contributed by atoms with Crippen LogP contribution in [0.4, 0.5) is 0 Å². The van der Waals surface area contributed by atoms with Crippen molar-refractivity contribution < 1.29 is 18.3 Å². The molecule has 0 aliphatic carbocycles. The molecule has 1 N–H and O–H groups in total. The Morgan fingerprint density at radius 1 is 1.47 bits per heavy atom. The third-order valence-electron chi connectivity index (χ3n) is 2.48. The summed E-state index contributed by atoms with van der Waals surface area (Å²) in [5, 5.41) is 8.92. The molecule has 106 valence electrons. The van der Waals surface area contributed by atoms with E-state index in [2.05, 4.69) is 15.9 Å². The molecule has 0 radical (unpaired) electrons. The van der Waals surface area contributed by atoms with E-state index in [1.807, 2.05) is 6.26 Å². The Bertz CT molecular complexity index is 574. The maximum Gasteiger partial charge on any atom is 0.335 e. The molecule has 0 fully saturated rings. The minimum atomic E-state index is -3.69. The van der Waals surface area contributed by atoms with Crippen LogP contribution < -0.4 is 0 Å². The van der Waals surface area contributed by atoms with Gasteiger partial charge in [0.25, 0.3) is 0 Å². The zero-order valence-electron chi connectivity index (χ0n) is 10.5. The summed E-state index contributed by atoms with van der Waals surface area (Å²) in [7, 11) is -2.21. The Hall–Kier alpha value is -0.570. The van der Waals surface area contributed by atoms with Crippen LogP contribution in [-0.4, -0.2) is 49.4 Å². The molecule has 8 heteroatoms. The molecule has 0 spiro atoms. The van der Waals surface area contributed by atoms with Gasteiger partial charge in [-0.25, -0.2) is 17.5 Å². The maximum absolute atomic E-state index is 12.3. The van der Waals surface area contributed by atoms with E-state index < -0.39 is 16.0 Å². The minimum Gasteiger partial charge on any atom is -0.478 e. The summed E-state index contributed by atoms with van der Waals surface area (Å²) in [4.78, 5) is 10.9. The summed E-state index contributed by atoms with van der Waals surface area (Å²) in [5.74, 6) is -0.484. The third kappa shape index (κ3) is 3.95. The fraction of sp³-hybridized carbons (Fsp3) is 0.364. The van der Waals surface area contributed by atoms with Gasteiger partial charge < -0.3 is 5.11 Å². The molecule has 0 aliphatic rings. The molecule has 5 nitrogen and oxygen atoms in total. The van der Waals surface area contributed by atoms with E-state index in [0.717, 1.165) is 6.07 Å². The first-order valence-corrected chi connectivity index (χ1v) is 8.91. The van der Waals surface area contributed by atoms with Crippen molar-refractivity contribution in [2.45, 2.75) is 4.90 Å². The standard InChI is InChI=1S/C11H14BrNO4S2/c1-13(5-6-18-2)19(16,17)10-7-8(11(14)15)3-4-9(10)12/h3-4,7H,5-6H2,1-2H3,(H,14,15). The quantitative estimate of drug-likeness (QED) is 0.833. The Kier molecular flexibility index (Phi) is 5.84. The summed E-state index contributed by atoms with van der Waals surface area (Å²) in [6, 6.07) is 3.95. The summed E-state index contributed by atoms with van der Waals surface area (Å²) in [6.45, 7) is 0.368. The lowest BCUT2D eigenvalue weighted by Gasteiger charge is -2.17. The van der Waals surface area contributed by atoms with E-state index in [1.165, 1.54) is 23.5 Å². The van der Waals surface area contributed by atoms with E-state index in [-0.39, 0.29) is 10.5 Å². The molecule has 1 rings (SSSR count). The molecule has 0 unspecified atom stereocenters. The number of nitrogens with zero attached hydrogens (tertiary/aromatic N) is 1. The first-order valence-electron chi connectivity index (χ1n) is 5.29. The zero-order chi connectivity index (χ0) is 14.6. The van der Waals surface area contributed by atoms with Gasteiger partial charge >= 0.3 is 5.97 Å². The van der Waals surface area contributed by atoms with Gasteiger partial charge in [0.1, 0.15) is 0 Å². The SMILES string of the molecule is CSCCN(C)S(=O)(=O)c1cc(C(=O)O)ccc1Br. The van der Waals surface area contributed by atoms with Gasteiger partial charge in [0.05, 0.1) is 10.5 Å². The van der Waals surface area contributed by atoms with Gasteiger partial charge in [-0.1, -0.05) is 0 Å². The molecule has 0 aliphatic heterocycles. The van der Waals surface area contributed by atoms with Crippen LogP contribution in [-0.2, 0) is 10.0 Å². The average Bonchev–Trinajstić information content (AvgIpc) is 2.35. The van der Waals surface area contributed by atoms with Crippen molar-refractivity contribution in [3.05, 3.63) is 28.2 Å². The van der Waals surface area contributed by atoms with Crippen LogP contribution in [0, 0.1) is 0 Å². The van der Waals surface area contributed by atoms with Crippen LogP contribution in [0.5, 0.6) is 0 Å². The highest BCUT2D eigenvalue weighted by atomic mass is 79.9. The third-order valence-corrected chi connectivity index (χ3v) is 5.92. The number of halogens is 1. The number of sulfonamides is 1. The fourth-order valence-corrected chi connectivity index (χ4v) is 4.03. The van der Waals surface area contributed by atoms with E-state index in [1.54, 1.807) is 11.8 Å². The van der Waals surface area contributed by atoms with E-state index in [4.69, 9.17) is 5.11 Å². The Labute approximate surface area is 125 Å². The van der Waals surface area contributed by atoms with Crippen LogP contribution in [0.2, 0.25) is 0 Å². The highest BCUT2D eigenvalue weighted by Crippen LogP contribution is 2.25. The number of carbonyl (C=O) groups is 1. The van der Waals surface area contributed by atoms with Crippen LogP contribution in [0.25, 0.3) is 0 Å². The van der Waals surface area contributed by atoms with Gasteiger partial charge in [0.15, 0.2) is 0 Å². The topological polar surface area (TPSA) is 74.7 Å². The molecule has 19 heavy (non-hydrogen) atoms. The van der Waals surface area contributed by atoms with Crippen molar-refractivity contribution in [1.29, 1.82) is 0 Å². The van der Waals surface area contributed by atoms with Crippen molar-refractivity contribution in [3.8, 4) is 0 Å². The van der Waals surface area contributed by atoms with Crippen LogP contribution >= 0.6 is 27.7 Å². The first-order chi connectivity index (χ1) is 8.80. The van der Waals surface area contributed by atoms with Crippen molar-refractivity contribution >= 4 is 43.7 Å². The normalized spacial score (nSPS) is 11.8. The highest BCUT2D eigenvalue weighted by Gasteiger charge is 2.24. The Morgan fingerprint density at radius 3 is 2.63 bits per heavy atom. The lowest BCUT2D eigenvalue weighted by atomic mass is 10.2. The number of thioether (sulfide) groups is 1. The van der Waals surface area contributed by atoms with E-state index in [9.17, 15) is 13.2 Å². The molecular formula is C11H14BrNO4S2. The van der Waals surface area contributed by atoms with Gasteiger partial charge in [0.2, 0.25) is 10.0 Å². The van der Waals surface area contributed by atoms with Crippen LogP contribution in [0.1, 0.15) is 10.4 Å². The molecular weight excluding hydrogens is 354 g/mol. The van der Waals surface area contributed by atoms with Gasteiger partial charge in [-0.3, -0.25) is 0 Å². The molecule has 0 saturated heterocycles. The lowest BCUT2D eigenvalue weighted by molar-refractivity contribution is 0.0696. The van der Waals surface area contributed by atoms with Gasteiger partial charge in [-0.15, -0.1) is 0 Å². The van der Waals surface area contributed by atoms with E-state index >= 15 is 0 Å². The molecule has 1 aromatic carbocycles. The molecule has 1 aromatic rings. The van der Waals surface area contributed by atoms with Crippen LogP contribution in [0.15, 0.2) is 27.6 Å². The van der Waals surface area contributed by atoms with Crippen LogP contribution in [0.3, 0.4) is 0 Å². The first kappa shape index (κ1) is 16.5. The summed E-state index contributed by atoms with van der Waals surface area (Å²) in [6.07, 6.45) is 1.89. The molecule has 0 atom stereocenters. The molecule has 0 amide bonds. The molecule has 0 bridgehead atoms. The number of carboxylic acids is 1. The predicted octanol–water partition coefficient (Wildman–Crippen LogP) is 2.13. The largest absolute Gasteiger partial charge is 0.478 e. The smallest absolute Gasteiger partial charge is 0.335 e. The summed E-state index contributed by atoms with van der Waals surface area (Å²) < 4.78 is 26.2. The molecule has 0 heterocycles. The van der Waals surface area contributed by atoms with E-state index in [0.29, 0.717) is 16.8 Å². The summed E-state index contributed by atoms with van der Waals surface area (Å²) >= 11 is 4.69. The van der Waals surface area contributed by atoms with Crippen molar-refractivity contribution in [3.63, 3.8) is 0 Å². The molecule has 0 saturated carbocycles. The molecule has 0 aromatic heterocycles. The maximum atomic E-state index is 12.3. The number of rotatable bonds is 6. The minimum absolute atomic E-state index is 0.0315. The van der Waals surface area contributed by atoms with Gasteiger partial charge in [0, 0.05) is 23.8 Å². The fourth-order valence-electron chi connectivity index (χ4n) is 1.34. The van der Waals surface area contributed by atoms with Crippen molar-refractivity contribution in [2.24, 2.45) is 0 Å². The number of benzene rings is 1. The second kappa shape index (κ2) is 6.74. The zero-order valence-corrected chi connectivity index (χ0v) is 13.7. The second-order valence-electron chi connectivity index (χ2n) is 3.77. The Morgan fingerprint density at radius 2 is 2.11 bits per heavy atom. The van der Waals surface area contributed by atoms with Crippen molar-refractivity contribution in [2.75, 3.05) is 25.6 Å². The lowest BCUT2D eigenvalue weighted by Crippen LogP contribution is -2.29. The number of hydrogen-bond donors (Lipinski definition) is 1. The number of aromatic carboxylic acids is 1. The Balaban J connectivity index is 3.20. The van der Waals surface area contributed by atoms with Gasteiger partial charge in [-0.2, -0.15) is 11.8 Å². The highest BCUT2D eigenvalue weighted by molar-refractivity contribution is 9.10. The summed E-state index contributed by atoms with van der Waals surface area (Å²) in [5.41, 5.74) is -0.0555. The number of carboxylic acid groups (broad SMARTS) is 1.